The monoisotopic (exact) mass is 467 g/mol. The van der Waals surface area contributed by atoms with E-state index in [2.05, 4.69) is 30.1 Å². The third-order valence-electron chi connectivity index (χ3n) is 3.74. The lowest BCUT2D eigenvalue weighted by atomic mass is 10.0. The Kier molecular flexibility index (Phi) is 13.4. The molecule has 4 nitrogen and oxygen atoms in total. The first-order chi connectivity index (χ1) is 11.1. The number of hydrogen-bond donors (Lipinski definition) is 2. The first kappa shape index (κ1) is 23.5. The van der Waals surface area contributed by atoms with Gasteiger partial charge in [-0.3, -0.25) is 4.99 Å². The zero-order chi connectivity index (χ0) is 17.1. The quantitative estimate of drug-likeness (QED) is 0.326. The molecule has 1 aromatic rings. The lowest BCUT2D eigenvalue weighted by molar-refractivity contribution is 0.253. The standard InChI is InChI=1S/C18H30ClN3O.HI/c1-4-7-15(10-11-23)13-21-18(20-5-2)22(3)14-16-8-6-9-17(19)12-16;/h6,8-9,12,15,23H,4-5,7,10-11,13-14H2,1-3H3,(H,20,21);1H. The Hall–Kier alpha value is -0.530. The second-order valence-electron chi connectivity index (χ2n) is 5.85. The molecule has 1 unspecified atom stereocenters. The molecule has 0 spiro atoms. The number of halogens is 2. The van der Waals surface area contributed by atoms with E-state index >= 15 is 0 Å². The number of aliphatic imine (C=N–C) groups is 1. The van der Waals surface area contributed by atoms with E-state index in [0.29, 0.717) is 5.92 Å². The molecule has 2 N–H and O–H groups in total. The van der Waals surface area contributed by atoms with Crippen molar-refractivity contribution in [3.63, 3.8) is 0 Å². The van der Waals surface area contributed by atoms with Crippen LogP contribution in [0.15, 0.2) is 29.3 Å². The summed E-state index contributed by atoms with van der Waals surface area (Å²) in [6.07, 6.45) is 3.03. The molecule has 1 atom stereocenters. The lowest BCUT2D eigenvalue weighted by Gasteiger charge is -2.23. The van der Waals surface area contributed by atoms with Crippen molar-refractivity contribution in [2.45, 2.75) is 39.7 Å². The molecule has 0 bridgehead atoms. The maximum Gasteiger partial charge on any atom is 0.193 e. The Labute approximate surface area is 168 Å². The molecule has 138 valence electrons. The van der Waals surface area contributed by atoms with Crippen LogP contribution in [-0.4, -0.2) is 42.7 Å². The van der Waals surface area contributed by atoms with Gasteiger partial charge in [-0.25, -0.2) is 0 Å². The fourth-order valence-electron chi connectivity index (χ4n) is 2.59. The highest BCUT2D eigenvalue weighted by Gasteiger charge is 2.10. The molecular weight excluding hydrogens is 437 g/mol. The molecule has 0 heterocycles. The van der Waals surface area contributed by atoms with Crippen molar-refractivity contribution in [1.82, 2.24) is 10.2 Å². The third-order valence-corrected chi connectivity index (χ3v) is 3.97. The zero-order valence-corrected chi connectivity index (χ0v) is 18.1. The van der Waals surface area contributed by atoms with E-state index in [-0.39, 0.29) is 30.6 Å². The molecule has 6 heteroatoms. The van der Waals surface area contributed by atoms with Crippen molar-refractivity contribution < 1.29 is 5.11 Å². The summed E-state index contributed by atoms with van der Waals surface area (Å²) in [6.45, 7) is 6.80. The highest BCUT2D eigenvalue weighted by molar-refractivity contribution is 14.0. The van der Waals surface area contributed by atoms with Crippen molar-refractivity contribution in [3.8, 4) is 0 Å². The largest absolute Gasteiger partial charge is 0.396 e. The smallest absolute Gasteiger partial charge is 0.193 e. The Morgan fingerprint density at radius 3 is 2.67 bits per heavy atom. The van der Waals surface area contributed by atoms with Gasteiger partial charge in [0.15, 0.2) is 5.96 Å². The molecule has 24 heavy (non-hydrogen) atoms. The molecule has 1 rings (SSSR count). The van der Waals surface area contributed by atoms with E-state index < -0.39 is 0 Å². The normalized spacial score (nSPS) is 12.5. The molecule has 0 aliphatic heterocycles. The second-order valence-corrected chi connectivity index (χ2v) is 6.28. The SMILES string of the molecule is CCCC(CCO)CN=C(NCC)N(C)Cc1cccc(Cl)c1.I. The van der Waals surface area contributed by atoms with Crippen LogP contribution in [0.4, 0.5) is 0 Å². The Bertz CT molecular complexity index is 479. The highest BCUT2D eigenvalue weighted by atomic mass is 127. The van der Waals surface area contributed by atoms with Crippen LogP contribution in [0.5, 0.6) is 0 Å². The molecule has 0 aliphatic carbocycles. The van der Waals surface area contributed by atoms with Gasteiger partial charge in [-0.05, 0) is 43.4 Å². The summed E-state index contributed by atoms with van der Waals surface area (Å²) in [7, 11) is 2.03. The Morgan fingerprint density at radius 1 is 1.33 bits per heavy atom. The maximum atomic E-state index is 9.17. The number of rotatable bonds is 9. The average Bonchev–Trinajstić information content (AvgIpc) is 2.51. The summed E-state index contributed by atoms with van der Waals surface area (Å²) in [4.78, 5) is 6.87. The molecule has 1 aromatic carbocycles. The molecule has 0 aromatic heterocycles. The number of nitrogens with zero attached hydrogens (tertiary/aromatic N) is 2. The summed E-state index contributed by atoms with van der Waals surface area (Å²) in [6, 6.07) is 7.90. The number of hydrogen-bond acceptors (Lipinski definition) is 2. The minimum absolute atomic E-state index is 0. The Balaban J connectivity index is 0.00000529. The van der Waals surface area contributed by atoms with Crippen LogP contribution < -0.4 is 5.32 Å². The fraction of sp³-hybridized carbons (Fsp3) is 0.611. The molecule has 0 saturated carbocycles. The van der Waals surface area contributed by atoms with Gasteiger partial charge in [0, 0.05) is 38.3 Å². The van der Waals surface area contributed by atoms with Gasteiger partial charge in [0.1, 0.15) is 0 Å². The van der Waals surface area contributed by atoms with Crippen molar-refractivity contribution in [2.24, 2.45) is 10.9 Å². The summed E-state index contributed by atoms with van der Waals surface area (Å²) in [5.74, 6) is 1.34. The molecule has 0 amide bonds. The van der Waals surface area contributed by atoms with Crippen molar-refractivity contribution in [2.75, 3.05) is 26.7 Å². The lowest BCUT2D eigenvalue weighted by Crippen LogP contribution is -2.38. The van der Waals surface area contributed by atoms with Crippen LogP contribution in [0.1, 0.15) is 38.7 Å². The highest BCUT2D eigenvalue weighted by Crippen LogP contribution is 2.13. The van der Waals surface area contributed by atoms with Crippen LogP contribution in [0.25, 0.3) is 0 Å². The predicted molar refractivity (Wildman–Crippen MR) is 114 cm³/mol. The van der Waals surface area contributed by atoms with Crippen LogP contribution in [0, 0.1) is 5.92 Å². The van der Waals surface area contributed by atoms with Crippen LogP contribution >= 0.6 is 35.6 Å². The van der Waals surface area contributed by atoms with E-state index in [0.717, 1.165) is 55.4 Å². The van der Waals surface area contributed by atoms with Crippen molar-refractivity contribution in [3.05, 3.63) is 34.9 Å². The fourth-order valence-corrected chi connectivity index (χ4v) is 2.80. The van der Waals surface area contributed by atoms with Gasteiger partial charge in [0.2, 0.25) is 0 Å². The summed E-state index contributed by atoms with van der Waals surface area (Å²) >= 11 is 6.05. The van der Waals surface area contributed by atoms with E-state index in [4.69, 9.17) is 16.6 Å². The van der Waals surface area contributed by atoms with Gasteiger partial charge >= 0.3 is 0 Å². The van der Waals surface area contributed by atoms with Gasteiger partial charge in [0.25, 0.3) is 0 Å². The van der Waals surface area contributed by atoms with Gasteiger partial charge in [-0.1, -0.05) is 37.1 Å². The van der Waals surface area contributed by atoms with Crippen LogP contribution in [0.2, 0.25) is 5.02 Å². The average molecular weight is 468 g/mol. The zero-order valence-electron chi connectivity index (χ0n) is 15.0. The van der Waals surface area contributed by atoms with Gasteiger partial charge in [0.05, 0.1) is 0 Å². The van der Waals surface area contributed by atoms with E-state index in [9.17, 15) is 5.11 Å². The van der Waals surface area contributed by atoms with E-state index in [1.807, 2.05) is 25.2 Å². The first-order valence-electron chi connectivity index (χ1n) is 8.45. The number of aliphatic hydroxyl groups is 1. The van der Waals surface area contributed by atoms with Gasteiger partial charge in [-0.2, -0.15) is 0 Å². The molecule has 0 radical (unpaired) electrons. The molecule has 0 aliphatic rings. The van der Waals surface area contributed by atoms with E-state index in [1.54, 1.807) is 0 Å². The summed E-state index contributed by atoms with van der Waals surface area (Å²) in [5, 5.41) is 13.3. The summed E-state index contributed by atoms with van der Waals surface area (Å²) < 4.78 is 0. The van der Waals surface area contributed by atoms with E-state index in [1.165, 1.54) is 0 Å². The molecule has 0 fully saturated rings. The first-order valence-corrected chi connectivity index (χ1v) is 8.83. The Morgan fingerprint density at radius 2 is 2.08 bits per heavy atom. The minimum Gasteiger partial charge on any atom is -0.396 e. The van der Waals surface area contributed by atoms with Crippen molar-refractivity contribution >= 4 is 41.5 Å². The second kappa shape index (κ2) is 13.7. The van der Waals surface area contributed by atoms with Crippen LogP contribution in [-0.2, 0) is 6.54 Å². The van der Waals surface area contributed by atoms with Crippen molar-refractivity contribution in [1.29, 1.82) is 0 Å². The van der Waals surface area contributed by atoms with Gasteiger partial charge in [-0.15, -0.1) is 24.0 Å². The van der Waals surface area contributed by atoms with Gasteiger partial charge < -0.3 is 15.3 Å². The number of guanidine groups is 1. The summed E-state index contributed by atoms with van der Waals surface area (Å²) in [5.41, 5.74) is 1.16. The topological polar surface area (TPSA) is 47.9 Å². The predicted octanol–water partition coefficient (Wildman–Crippen LogP) is 4.15. The molecule has 0 saturated heterocycles. The number of aliphatic hydroxyl groups excluding tert-OH is 1. The van der Waals surface area contributed by atoms with Crippen LogP contribution in [0.3, 0.4) is 0 Å². The number of nitrogens with one attached hydrogen (secondary N) is 1. The number of benzene rings is 1. The maximum absolute atomic E-state index is 9.17. The minimum atomic E-state index is 0. The molecular formula is C18H31ClIN3O. The third kappa shape index (κ3) is 9.08.